The topological polar surface area (TPSA) is 68.0 Å². The van der Waals surface area contributed by atoms with Gasteiger partial charge in [-0.15, -0.1) is 11.3 Å². The summed E-state index contributed by atoms with van der Waals surface area (Å²) < 4.78 is 0. The average molecular weight is 239 g/mol. The molecule has 2 rings (SSSR count). The van der Waals surface area contributed by atoms with Crippen molar-refractivity contribution in [3.05, 3.63) is 16.1 Å². The van der Waals surface area contributed by atoms with Gasteiger partial charge in [-0.05, 0) is 25.2 Å². The van der Waals surface area contributed by atoms with Crippen LogP contribution < -0.4 is 11.1 Å². The molecule has 1 unspecified atom stereocenters. The first-order valence-electron chi connectivity index (χ1n) is 5.49. The zero-order chi connectivity index (χ0) is 11.8. The molecule has 1 aliphatic carbocycles. The Bertz CT molecular complexity index is 396. The molecule has 16 heavy (non-hydrogen) atoms. The number of carbonyl (C=O) groups is 1. The molecule has 1 aliphatic rings. The van der Waals surface area contributed by atoms with E-state index in [2.05, 4.69) is 17.2 Å². The van der Waals surface area contributed by atoms with E-state index in [1.807, 2.05) is 6.92 Å². The van der Waals surface area contributed by atoms with Crippen LogP contribution in [0.3, 0.4) is 0 Å². The smallest absolute Gasteiger partial charge is 0.270 e. The fourth-order valence-electron chi connectivity index (χ4n) is 1.38. The van der Waals surface area contributed by atoms with Crippen LogP contribution >= 0.6 is 11.3 Å². The van der Waals surface area contributed by atoms with Crippen LogP contribution in [0.1, 0.15) is 48.2 Å². The van der Waals surface area contributed by atoms with Crippen molar-refractivity contribution in [3.8, 4) is 0 Å². The minimum absolute atomic E-state index is 0.0868. The Morgan fingerprint density at radius 3 is 2.94 bits per heavy atom. The number of nitrogens with two attached hydrogens (primary N) is 1. The molecule has 1 aromatic heterocycles. The third kappa shape index (κ3) is 2.59. The quantitative estimate of drug-likeness (QED) is 0.840. The molecule has 0 radical (unpaired) electrons. The summed E-state index contributed by atoms with van der Waals surface area (Å²) in [5.74, 6) is -0.0868. The normalized spacial score (nSPS) is 19.2. The highest BCUT2D eigenvalue weighted by atomic mass is 32.1. The van der Waals surface area contributed by atoms with Gasteiger partial charge in [0.1, 0.15) is 10.7 Å². The van der Waals surface area contributed by atoms with Crippen LogP contribution in [0.25, 0.3) is 0 Å². The second-order valence-electron chi connectivity index (χ2n) is 4.85. The highest BCUT2D eigenvalue weighted by molar-refractivity contribution is 7.09. The maximum atomic E-state index is 11.7. The van der Waals surface area contributed by atoms with E-state index >= 15 is 0 Å². The first-order valence-corrected chi connectivity index (χ1v) is 6.37. The zero-order valence-corrected chi connectivity index (χ0v) is 10.4. The van der Waals surface area contributed by atoms with Crippen molar-refractivity contribution < 1.29 is 4.79 Å². The first kappa shape index (κ1) is 11.5. The number of nitrogens with zero attached hydrogens (tertiary/aromatic N) is 1. The molecule has 0 saturated heterocycles. The van der Waals surface area contributed by atoms with E-state index < -0.39 is 0 Å². The van der Waals surface area contributed by atoms with Crippen LogP contribution in [0.2, 0.25) is 0 Å². The molecule has 1 fully saturated rings. The van der Waals surface area contributed by atoms with Gasteiger partial charge in [0.05, 0.1) is 6.04 Å². The van der Waals surface area contributed by atoms with Gasteiger partial charge >= 0.3 is 0 Å². The number of hydrogen-bond donors (Lipinski definition) is 2. The molecule has 0 aromatic carbocycles. The van der Waals surface area contributed by atoms with Gasteiger partial charge in [0, 0.05) is 11.9 Å². The standard InChI is InChI=1S/C11H17N3OS/c1-7(12)10-14-8(5-16-10)9(15)13-6-11(2)3-4-11/h5,7H,3-4,6,12H2,1-2H3,(H,13,15). The lowest BCUT2D eigenvalue weighted by molar-refractivity contribution is 0.0941. The first-order chi connectivity index (χ1) is 7.50. The number of thiazole rings is 1. The Labute approximate surface area is 99.3 Å². The molecule has 4 nitrogen and oxygen atoms in total. The molecular weight excluding hydrogens is 222 g/mol. The van der Waals surface area contributed by atoms with Gasteiger partial charge in [0.15, 0.2) is 0 Å². The second-order valence-corrected chi connectivity index (χ2v) is 5.74. The average Bonchev–Trinajstić information content (AvgIpc) is 2.81. The van der Waals surface area contributed by atoms with Crippen molar-refractivity contribution in [3.63, 3.8) is 0 Å². The zero-order valence-electron chi connectivity index (χ0n) is 9.62. The van der Waals surface area contributed by atoms with E-state index in [-0.39, 0.29) is 11.9 Å². The van der Waals surface area contributed by atoms with E-state index in [0.29, 0.717) is 11.1 Å². The maximum absolute atomic E-state index is 11.7. The molecule has 1 atom stereocenters. The fourth-order valence-corrected chi connectivity index (χ4v) is 2.13. The van der Waals surface area contributed by atoms with Gasteiger partial charge in [0.25, 0.3) is 5.91 Å². The van der Waals surface area contributed by atoms with Gasteiger partial charge < -0.3 is 11.1 Å². The summed E-state index contributed by atoms with van der Waals surface area (Å²) in [7, 11) is 0. The number of amides is 1. The lowest BCUT2D eigenvalue weighted by Gasteiger charge is -2.08. The van der Waals surface area contributed by atoms with Crippen LogP contribution in [0.5, 0.6) is 0 Å². The minimum atomic E-state index is -0.104. The Balaban J connectivity index is 1.92. The SMILES string of the molecule is CC(N)c1nc(C(=O)NCC2(C)CC2)cs1. The summed E-state index contributed by atoms with van der Waals surface area (Å²) >= 11 is 1.44. The Morgan fingerprint density at radius 1 is 1.75 bits per heavy atom. The summed E-state index contributed by atoms with van der Waals surface area (Å²) in [5, 5.41) is 5.49. The monoisotopic (exact) mass is 239 g/mol. The molecule has 0 spiro atoms. The van der Waals surface area contributed by atoms with Gasteiger partial charge in [-0.2, -0.15) is 0 Å². The summed E-state index contributed by atoms with van der Waals surface area (Å²) in [5.41, 5.74) is 6.51. The molecule has 88 valence electrons. The van der Waals surface area contributed by atoms with Gasteiger partial charge in [-0.3, -0.25) is 4.79 Å². The predicted molar refractivity (Wildman–Crippen MR) is 64.4 cm³/mol. The number of carbonyl (C=O) groups excluding carboxylic acids is 1. The molecular formula is C11H17N3OS. The highest BCUT2D eigenvalue weighted by Crippen LogP contribution is 2.44. The molecule has 1 aromatic rings. The van der Waals surface area contributed by atoms with E-state index in [1.165, 1.54) is 24.2 Å². The van der Waals surface area contributed by atoms with Crippen LogP contribution in [-0.4, -0.2) is 17.4 Å². The van der Waals surface area contributed by atoms with Crippen molar-refractivity contribution in [2.75, 3.05) is 6.54 Å². The van der Waals surface area contributed by atoms with Crippen molar-refractivity contribution >= 4 is 17.2 Å². The molecule has 1 amide bonds. The van der Waals surface area contributed by atoms with Crippen LogP contribution in [0, 0.1) is 5.41 Å². The molecule has 0 aliphatic heterocycles. The number of aromatic nitrogens is 1. The summed E-state index contributed by atoms with van der Waals surface area (Å²) in [4.78, 5) is 16.0. The van der Waals surface area contributed by atoms with Gasteiger partial charge in [0.2, 0.25) is 0 Å². The van der Waals surface area contributed by atoms with Crippen molar-refractivity contribution in [2.45, 2.75) is 32.7 Å². The summed E-state index contributed by atoms with van der Waals surface area (Å²) in [6.07, 6.45) is 2.41. The maximum Gasteiger partial charge on any atom is 0.270 e. The second kappa shape index (κ2) is 4.14. The predicted octanol–water partition coefficient (Wildman–Crippen LogP) is 1.69. The summed E-state index contributed by atoms with van der Waals surface area (Å²) in [6.45, 7) is 4.80. The Morgan fingerprint density at radius 2 is 2.44 bits per heavy atom. The molecule has 0 bridgehead atoms. The lowest BCUT2D eigenvalue weighted by Crippen LogP contribution is -2.29. The third-order valence-electron chi connectivity index (χ3n) is 2.92. The van der Waals surface area contributed by atoms with Crippen molar-refractivity contribution in [1.82, 2.24) is 10.3 Å². The third-order valence-corrected chi connectivity index (χ3v) is 3.97. The number of hydrogen-bond acceptors (Lipinski definition) is 4. The van der Waals surface area contributed by atoms with E-state index in [9.17, 15) is 4.79 Å². The van der Waals surface area contributed by atoms with Crippen molar-refractivity contribution in [1.29, 1.82) is 0 Å². The number of rotatable bonds is 4. The molecule has 3 N–H and O–H groups in total. The Hall–Kier alpha value is -0.940. The van der Waals surface area contributed by atoms with Crippen LogP contribution in [0.4, 0.5) is 0 Å². The Kier molecular flexibility index (Phi) is 2.99. The van der Waals surface area contributed by atoms with E-state index in [1.54, 1.807) is 5.38 Å². The fraction of sp³-hybridized carbons (Fsp3) is 0.636. The molecule has 1 saturated carbocycles. The highest BCUT2D eigenvalue weighted by Gasteiger charge is 2.37. The van der Waals surface area contributed by atoms with Gasteiger partial charge in [-0.1, -0.05) is 6.92 Å². The minimum Gasteiger partial charge on any atom is -0.350 e. The van der Waals surface area contributed by atoms with Crippen LogP contribution in [0.15, 0.2) is 5.38 Å². The number of nitrogens with one attached hydrogen (secondary N) is 1. The van der Waals surface area contributed by atoms with E-state index in [0.717, 1.165) is 11.6 Å². The largest absolute Gasteiger partial charge is 0.350 e. The summed E-state index contributed by atoms with van der Waals surface area (Å²) in [6, 6.07) is -0.104. The van der Waals surface area contributed by atoms with Crippen LogP contribution in [-0.2, 0) is 0 Å². The van der Waals surface area contributed by atoms with E-state index in [4.69, 9.17) is 5.73 Å². The lowest BCUT2D eigenvalue weighted by atomic mass is 10.1. The van der Waals surface area contributed by atoms with Gasteiger partial charge in [-0.25, -0.2) is 4.98 Å². The van der Waals surface area contributed by atoms with Crippen molar-refractivity contribution in [2.24, 2.45) is 11.1 Å². The molecule has 1 heterocycles. The molecule has 5 heteroatoms.